The minimum atomic E-state index is 0.690. The molecule has 6 heteroatoms. The number of nitrogens with zero attached hydrogens (tertiary/aromatic N) is 4. The number of hydrogen-bond acceptors (Lipinski definition) is 5. The standard InChI is InChI=1S/C22H23N5O/c1-26(2)18-8-6-17(7-9-18)20-15-25-27-21(12-13-23-22(20)27)24-14-16-4-10-19(28-3)11-5-16/h4-13,15,24H,14H2,1-3H3. The Kier molecular flexibility index (Phi) is 4.85. The summed E-state index contributed by atoms with van der Waals surface area (Å²) in [5.41, 5.74) is 5.27. The second-order valence-electron chi connectivity index (χ2n) is 6.77. The fourth-order valence-electron chi connectivity index (χ4n) is 3.10. The fraction of sp³-hybridized carbons (Fsp3) is 0.182. The third-order valence-corrected chi connectivity index (χ3v) is 4.73. The summed E-state index contributed by atoms with van der Waals surface area (Å²) < 4.78 is 7.06. The van der Waals surface area contributed by atoms with Crippen molar-refractivity contribution in [2.24, 2.45) is 0 Å². The predicted molar refractivity (Wildman–Crippen MR) is 113 cm³/mol. The molecule has 0 radical (unpaired) electrons. The summed E-state index contributed by atoms with van der Waals surface area (Å²) in [5, 5.41) is 8.00. The van der Waals surface area contributed by atoms with Crippen molar-refractivity contribution in [2.45, 2.75) is 6.54 Å². The average Bonchev–Trinajstić information content (AvgIpc) is 3.17. The van der Waals surface area contributed by atoms with E-state index in [1.165, 1.54) is 0 Å². The first kappa shape index (κ1) is 17.9. The van der Waals surface area contributed by atoms with E-state index in [9.17, 15) is 0 Å². The van der Waals surface area contributed by atoms with Crippen LogP contribution in [-0.4, -0.2) is 35.8 Å². The molecule has 2 aromatic carbocycles. The van der Waals surface area contributed by atoms with Gasteiger partial charge in [0.1, 0.15) is 11.6 Å². The van der Waals surface area contributed by atoms with Gasteiger partial charge in [-0.05, 0) is 41.5 Å². The molecular weight excluding hydrogens is 350 g/mol. The Labute approximate surface area is 164 Å². The maximum Gasteiger partial charge on any atom is 0.165 e. The van der Waals surface area contributed by atoms with Crippen LogP contribution >= 0.6 is 0 Å². The molecule has 0 aliphatic heterocycles. The second kappa shape index (κ2) is 7.60. The number of benzene rings is 2. The molecule has 0 amide bonds. The van der Waals surface area contributed by atoms with Gasteiger partial charge >= 0.3 is 0 Å². The topological polar surface area (TPSA) is 54.7 Å². The third kappa shape index (κ3) is 3.49. The van der Waals surface area contributed by atoms with Gasteiger partial charge in [-0.15, -0.1) is 0 Å². The van der Waals surface area contributed by atoms with E-state index in [1.54, 1.807) is 7.11 Å². The van der Waals surface area contributed by atoms with Crippen molar-refractivity contribution in [3.8, 4) is 16.9 Å². The molecule has 2 heterocycles. The molecule has 4 aromatic rings. The van der Waals surface area contributed by atoms with Crippen LogP contribution in [0.4, 0.5) is 11.5 Å². The van der Waals surface area contributed by atoms with Gasteiger partial charge in [-0.2, -0.15) is 9.61 Å². The van der Waals surface area contributed by atoms with Crippen molar-refractivity contribution >= 4 is 17.2 Å². The van der Waals surface area contributed by atoms with E-state index in [0.29, 0.717) is 6.54 Å². The van der Waals surface area contributed by atoms with Gasteiger partial charge in [-0.1, -0.05) is 24.3 Å². The smallest absolute Gasteiger partial charge is 0.165 e. The van der Waals surface area contributed by atoms with Crippen LogP contribution in [0.3, 0.4) is 0 Å². The first-order valence-corrected chi connectivity index (χ1v) is 9.13. The van der Waals surface area contributed by atoms with Crippen molar-refractivity contribution < 1.29 is 4.74 Å². The van der Waals surface area contributed by atoms with Crippen LogP contribution in [0.5, 0.6) is 5.75 Å². The molecular formula is C22H23N5O. The van der Waals surface area contributed by atoms with Gasteiger partial charge in [0, 0.05) is 38.1 Å². The van der Waals surface area contributed by atoms with Crippen molar-refractivity contribution in [3.63, 3.8) is 0 Å². The largest absolute Gasteiger partial charge is 0.497 e. The SMILES string of the molecule is COc1ccc(CNc2ccnc3c(-c4ccc(N(C)C)cc4)cnn23)cc1. The number of methoxy groups -OCH3 is 1. The number of nitrogens with one attached hydrogen (secondary N) is 1. The summed E-state index contributed by atoms with van der Waals surface area (Å²) >= 11 is 0. The van der Waals surface area contributed by atoms with Gasteiger partial charge in [0.15, 0.2) is 5.65 Å². The zero-order chi connectivity index (χ0) is 19.5. The van der Waals surface area contributed by atoms with Gasteiger partial charge in [0.05, 0.1) is 13.3 Å². The van der Waals surface area contributed by atoms with Crippen molar-refractivity contribution in [1.29, 1.82) is 0 Å². The predicted octanol–water partition coefficient (Wildman–Crippen LogP) is 4.08. The molecule has 28 heavy (non-hydrogen) atoms. The average molecular weight is 373 g/mol. The first-order chi connectivity index (χ1) is 13.7. The monoisotopic (exact) mass is 373 g/mol. The molecule has 0 atom stereocenters. The van der Waals surface area contributed by atoms with Crippen LogP contribution in [0.25, 0.3) is 16.8 Å². The highest BCUT2D eigenvalue weighted by Gasteiger charge is 2.11. The van der Waals surface area contributed by atoms with E-state index in [1.807, 2.05) is 61.3 Å². The Morgan fingerprint density at radius 3 is 2.43 bits per heavy atom. The van der Waals surface area contributed by atoms with E-state index >= 15 is 0 Å². The minimum Gasteiger partial charge on any atom is -0.497 e. The normalized spacial score (nSPS) is 10.8. The Bertz CT molecular complexity index is 1070. The van der Waals surface area contributed by atoms with Crippen LogP contribution in [0.1, 0.15) is 5.56 Å². The molecule has 0 fully saturated rings. The molecule has 6 nitrogen and oxygen atoms in total. The molecule has 0 aliphatic rings. The fourth-order valence-corrected chi connectivity index (χ4v) is 3.10. The molecule has 0 spiro atoms. The Morgan fingerprint density at radius 2 is 1.75 bits per heavy atom. The van der Waals surface area contributed by atoms with E-state index in [2.05, 4.69) is 44.6 Å². The lowest BCUT2D eigenvalue weighted by atomic mass is 10.1. The van der Waals surface area contributed by atoms with Gasteiger partial charge in [-0.25, -0.2) is 4.98 Å². The van der Waals surface area contributed by atoms with Crippen LogP contribution in [-0.2, 0) is 6.54 Å². The number of fused-ring (bicyclic) bond motifs is 1. The number of rotatable bonds is 6. The summed E-state index contributed by atoms with van der Waals surface area (Å²) in [6.45, 7) is 0.690. The lowest BCUT2D eigenvalue weighted by molar-refractivity contribution is 0.414. The van der Waals surface area contributed by atoms with Gasteiger partial charge < -0.3 is 15.0 Å². The van der Waals surface area contributed by atoms with Crippen molar-refractivity contribution in [3.05, 3.63) is 72.6 Å². The Balaban J connectivity index is 1.59. The first-order valence-electron chi connectivity index (χ1n) is 9.13. The highest BCUT2D eigenvalue weighted by Crippen LogP contribution is 2.27. The number of anilines is 2. The van der Waals surface area contributed by atoms with E-state index < -0.39 is 0 Å². The molecule has 142 valence electrons. The van der Waals surface area contributed by atoms with E-state index in [4.69, 9.17) is 4.74 Å². The van der Waals surface area contributed by atoms with Crippen LogP contribution in [0.15, 0.2) is 67.0 Å². The Hall–Kier alpha value is -3.54. The molecule has 0 unspecified atom stereocenters. The highest BCUT2D eigenvalue weighted by molar-refractivity contribution is 5.78. The van der Waals surface area contributed by atoms with Crippen molar-refractivity contribution in [2.75, 3.05) is 31.4 Å². The molecule has 4 rings (SSSR count). The number of ether oxygens (including phenoxy) is 1. The van der Waals surface area contributed by atoms with E-state index in [0.717, 1.165) is 39.6 Å². The molecule has 0 saturated heterocycles. The summed E-state index contributed by atoms with van der Waals surface area (Å²) in [6.07, 6.45) is 3.68. The van der Waals surface area contributed by atoms with Gasteiger partial charge in [0.25, 0.3) is 0 Å². The molecule has 1 N–H and O–H groups in total. The van der Waals surface area contributed by atoms with Crippen molar-refractivity contribution in [1.82, 2.24) is 14.6 Å². The molecule has 2 aromatic heterocycles. The van der Waals surface area contributed by atoms with Gasteiger partial charge in [0.2, 0.25) is 0 Å². The Morgan fingerprint density at radius 1 is 1.00 bits per heavy atom. The zero-order valence-electron chi connectivity index (χ0n) is 16.3. The van der Waals surface area contributed by atoms with Crippen LogP contribution < -0.4 is 15.0 Å². The molecule has 0 saturated carbocycles. The number of aromatic nitrogens is 3. The summed E-state index contributed by atoms with van der Waals surface area (Å²) in [5.74, 6) is 1.75. The van der Waals surface area contributed by atoms with Crippen LogP contribution in [0, 0.1) is 0 Å². The maximum atomic E-state index is 5.21. The summed E-state index contributed by atoms with van der Waals surface area (Å²) in [4.78, 5) is 6.63. The second-order valence-corrected chi connectivity index (χ2v) is 6.77. The third-order valence-electron chi connectivity index (χ3n) is 4.73. The van der Waals surface area contributed by atoms with Gasteiger partial charge in [-0.3, -0.25) is 0 Å². The summed E-state index contributed by atoms with van der Waals surface area (Å²) in [7, 11) is 5.74. The summed E-state index contributed by atoms with van der Waals surface area (Å²) in [6, 6.07) is 18.4. The quantitative estimate of drug-likeness (QED) is 0.552. The highest BCUT2D eigenvalue weighted by atomic mass is 16.5. The molecule has 0 bridgehead atoms. The number of hydrogen-bond donors (Lipinski definition) is 1. The van der Waals surface area contributed by atoms with E-state index in [-0.39, 0.29) is 0 Å². The lowest BCUT2D eigenvalue weighted by Crippen LogP contribution is -2.07. The molecule has 0 aliphatic carbocycles. The van der Waals surface area contributed by atoms with Crippen LogP contribution in [0.2, 0.25) is 0 Å². The minimum absolute atomic E-state index is 0.690. The lowest BCUT2D eigenvalue weighted by Gasteiger charge is -2.12. The zero-order valence-corrected chi connectivity index (χ0v) is 16.3. The maximum absolute atomic E-state index is 5.21.